The molecule has 4 N–H and O–H groups in total. The van der Waals surface area contributed by atoms with Crippen molar-refractivity contribution in [1.82, 2.24) is 16.0 Å². The Morgan fingerprint density at radius 2 is 1.48 bits per heavy atom. The largest absolute Gasteiger partial charge is 0.350 e. The minimum Gasteiger partial charge on any atom is -0.350 e. The van der Waals surface area contributed by atoms with Gasteiger partial charge in [0, 0.05) is 42.8 Å². The molecule has 0 radical (unpaired) electrons. The van der Waals surface area contributed by atoms with Crippen LogP contribution in [-0.4, -0.2) is 30.9 Å². The van der Waals surface area contributed by atoms with Gasteiger partial charge in [-0.15, -0.1) is 0 Å². The summed E-state index contributed by atoms with van der Waals surface area (Å²) in [5.41, 5.74) is 2.03. The molecule has 0 spiro atoms. The summed E-state index contributed by atoms with van der Waals surface area (Å²) in [5.74, 6) is -0.430. The highest BCUT2D eigenvalue weighted by atomic mass is 35.5. The number of anilines is 1. The summed E-state index contributed by atoms with van der Waals surface area (Å²) in [5, 5.41) is 11.4. The summed E-state index contributed by atoms with van der Waals surface area (Å²) in [7, 11) is 0. The van der Waals surface area contributed by atoms with Crippen LogP contribution in [0.1, 0.15) is 22.8 Å². The van der Waals surface area contributed by atoms with Gasteiger partial charge in [-0.05, 0) is 42.0 Å². The molecule has 2 aromatic carbocycles. The molecule has 0 saturated heterocycles. The summed E-state index contributed by atoms with van der Waals surface area (Å²) in [6.45, 7) is 2.39. The molecule has 0 atom stereocenters. The van der Waals surface area contributed by atoms with Gasteiger partial charge in [-0.25, -0.2) is 4.79 Å². The van der Waals surface area contributed by atoms with Crippen molar-refractivity contribution in [3.05, 3.63) is 64.7 Å². The lowest BCUT2D eigenvalue weighted by molar-refractivity contribution is -0.114. The Balaban J connectivity index is 1.65. The number of amides is 4. The third-order valence-electron chi connectivity index (χ3n) is 3.53. The summed E-state index contributed by atoms with van der Waals surface area (Å²) >= 11 is 5.81. The molecule has 27 heavy (non-hydrogen) atoms. The fraction of sp³-hybridized carbons (Fsp3) is 0.211. The van der Waals surface area contributed by atoms with Crippen molar-refractivity contribution in [2.45, 2.75) is 13.5 Å². The van der Waals surface area contributed by atoms with Gasteiger partial charge in [0.15, 0.2) is 0 Å². The lowest BCUT2D eigenvalue weighted by atomic mass is 10.2. The Labute approximate surface area is 162 Å². The van der Waals surface area contributed by atoms with Gasteiger partial charge in [-0.3, -0.25) is 9.59 Å². The molecule has 0 aromatic heterocycles. The molecule has 0 saturated carbocycles. The van der Waals surface area contributed by atoms with Crippen LogP contribution in [0.25, 0.3) is 0 Å². The van der Waals surface area contributed by atoms with Gasteiger partial charge in [0.2, 0.25) is 5.91 Å². The molecule has 142 valence electrons. The topological polar surface area (TPSA) is 99.3 Å². The van der Waals surface area contributed by atoms with E-state index in [1.54, 1.807) is 36.4 Å². The van der Waals surface area contributed by atoms with E-state index in [0.29, 0.717) is 35.9 Å². The van der Waals surface area contributed by atoms with Crippen LogP contribution in [-0.2, 0) is 11.3 Å². The number of hydrogen-bond acceptors (Lipinski definition) is 3. The smallest absolute Gasteiger partial charge is 0.315 e. The molecule has 0 fully saturated rings. The molecule has 0 heterocycles. The number of nitrogens with one attached hydrogen (secondary N) is 4. The van der Waals surface area contributed by atoms with E-state index in [0.717, 1.165) is 5.56 Å². The summed E-state index contributed by atoms with van der Waals surface area (Å²) in [6, 6.07) is 13.4. The first-order valence-corrected chi connectivity index (χ1v) is 8.74. The summed E-state index contributed by atoms with van der Waals surface area (Å²) in [6.07, 6.45) is 0. The number of carbonyl (C=O) groups is 3. The second-order valence-corrected chi connectivity index (χ2v) is 6.19. The average molecular weight is 389 g/mol. The van der Waals surface area contributed by atoms with Gasteiger partial charge in [-0.1, -0.05) is 23.7 Å². The van der Waals surface area contributed by atoms with Gasteiger partial charge in [0.1, 0.15) is 0 Å². The molecular weight excluding hydrogens is 368 g/mol. The first kappa shape index (κ1) is 20.3. The van der Waals surface area contributed by atoms with Crippen LogP contribution in [0.15, 0.2) is 48.5 Å². The van der Waals surface area contributed by atoms with E-state index < -0.39 is 0 Å². The summed E-state index contributed by atoms with van der Waals surface area (Å²) < 4.78 is 0. The Morgan fingerprint density at radius 1 is 0.852 bits per heavy atom. The van der Waals surface area contributed by atoms with E-state index >= 15 is 0 Å². The second kappa shape index (κ2) is 10.2. The standard InChI is InChI=1S/C19H21ClN4O3/c1-13(25)24-17-8-4-15(5-9-17)18(26)21-10-11-22-19(27)23-12-14-2-6-16(20)7-3-14/h2-9H,10-12H2,1H3,(H,21,26)(H,24,25)(H2,22,23,27). The minimum atomic E-state index is -0.321. The predicted molar refractivity (Wildman–Crippen MR) is 105 cm³/mol. The molecule has 2 rings (SSSR count). The first-order valence-electron chi connectivity index (χ1n) is 8.36. The molecular formula is C19H21ClN4O3. The molecule has 2 aromatic rings. The van der Waals surface area contributed by atoms with Crippen LogP contribution in [0.5, 0.6) is 0 Å². The van der Waals surface area contributed by atoms with Crippen LogP contribution in [0.3, 0.4) is 0 Å². The van der Waals surface area contributed by atoms with Crippen molar-refractivity contribution < 1.29 is 14.4 Å². The summed E-state index contributed by atoms with van der Waals surface area (Å²) in [4.78, 5) is 34.7. The van der Waals surface area contributed by atoms with Crippen LogP contribution < -0.4 is 21.3 Å². The zero-order valence-electron chi connectivity index (χ0n) is 14.8. The first-order chi connectivity index (χ1) is 12.9. The number of urea groups is 1. The van der Waals surface area contributed by atoms with Crippen LogP contribution in [0.2, 0.25) is 5.02 Å². The van der Waals surface area contributed by atoms with Crippen LogP contribution >= 0.6 is 11.6 Å². The SMILES string of the molecule is CC(=O)Nc1ccc(C(=O)NCCNC(=O)NCc2ccc(Cl)cc2)cc1. The normalized spacial score (nSPS) is 10.0. The van der Waals surface area contributed by atoms with E-state index in [9.17, 15) is 14.4 Å². The number of halogens is 1. The van der Waals surface area contributed by atoms with E-state index in [1.807, 2.05) is 12.1 Å². The molecule has 0 aliphatic rings. The fourth-order valence-electron chi connectivity index (χ4n) is 2.21. The van der Waals surface area contributed by atoms with Crippen LogP contribution in [0, 0.1) is 0 Å². The van der Waals surface area contributed by atoms with Gasteiger partial charge < -0.3 is 21.3 Å². The maximum absolute atomic E-state index is 12.0. The molecule has 0 aliphatic heterocycles. The Kier molecular flexibility index (Phi) is 7.63. The molecule has 8 heteroatoms. The van der Waals surface area contributed by atoms with E-state index in [2.05, 4.69) is 21.3 Å². The van der Waals surface area contributed by atoms with Gasteiger partial charge in [0.05, 0.1) is 0 Å². The quantitative estimate of drug-likeness (QED) is 0.548. The molecule has 0 unspecified atom stereocenters. The molecule has 7 nitrogen and oxygen atoms in total. The Bertz CT molecular complexity index is 792. The van der Waals surface area contributed by atoms with Crippen LogP contribution in [0.4, 0.5) is 10.5 Å². The van der Waals surface area contributed by atoms with E-state index in [1.165, 1.54) is 6.92 Å². The zero-order valence-corrected chi connectivity index (χ0v) is 15.6. The van der Waals surface area contributed by atoms with E-state index in [4.69, 9.17) is 11.6 Å². The van der Waals surface area contributed by atoms with Crippen molar-refractivity contribution in [1.29, 1.82) is 0 Å². The number of benzene rings is 2. The van der Waals surface area contributed by atoms with Gasteiger partial charge in [0.25, 0.3) is 5.91 Å². The monoisotopic (exact) mass is 388 g/mol. The highest BCUT2D eigenvalue weighted by Gasteiger charge is 2.06. The number of rotatable bonds is 7. The van der Waals surface area contributed by atoms with Gasteiger partial charge >= 0.3 is 6.03 Å². The van der Waals surface area contributed by atoms with E-state index in [-0.39, 0.29) is 17.8 Å². The third kappa shape index (κ3) is 7.37. The molecule has 4 amide bonds. The molecule has 0 bridgehead atoms. The average Bonchev–Trinajstić information content (AvgIpc) is 2.64. The predicted octanol–water partition coefficient (Wildman–Crippen LogP) is 2.53. The van der Waals surface area contributed by atoms with Crippen molar-refractivity contribution in [3.8, 4) is 0 Å². The lowest BCUT2D eigenvalue weighted by Gasteiger charge is -2.09. The van der Waals surface area contributed by atoms with Crippen molar-refractivity contribution in [3.63, 3.8) is 0 Å². The van der Waals surface area contributed by atoms with Crippen molar-refractivity contribution >= 4 is 35.1 Å². The fourth-order valence-corrected chi connectivity index (χ4v) is 2.34. The van der Waals surface area contributed by atoms with Crippen molar-refractivity contribution in [2.24, 2.45) is 0 Å². The Morgan fingerprint density at radius 3 is 2.11 bits per heavy atom. The van der Waals surface area contributed by atoms with Gasteiger partial charge in [-0.2, -0.15) is 0 Å². The maximum atomic E-state index is 12.0. The highest BCUT2D eigenvalue weighted by Crippen LogP contribution is 2.10. The third-order valence-corrected chi connectivity index (χ3v) is 3.78. The Hall–Kier alpha value is -3.06. The highest BCUT2D eigenvalue weighted by molar-refractivity contribution is 6.30. The second-order valence-electron chi connectivity index (χ2n) is 5.75. The molecule has 0 aliphatic carbocycles. The number of hydrogen-bond donors (Lipinski definition) is 4. The van der Waals surface area contributed by atoms with Crippen molar-refractivity contribution in [2.75, 3.05) is 18.4 Å². The number of carbonyl (C=O) groups excluding carboxylic acids is 3. The minimum absolute atomic E-state index is 0.174. The lowest BCUT2D eigenvalue weighted by Crippen LogP contribution is -2.40. The maximum Gasteiger partial charge on any atom is 0.315 e. The zero-order chi connectivity index (χ0) is 19.6.